The second kappa shape index (κ2) is 43.8. The Hall–Kier alpha value is -3.01. The predicted molar refractivity (Wildman–Crippen MR) is 326 cm³/mol. The maximum atomic E-state index is 13.6. The van der Waals surface area contributed by atoms with Crippen LogP contribution in [0.4, 0.5) is 0 Å². The van der Waals surface area contributed by atoms with Crippen molar-refractivity contribution >= 4 is 36.5 Å². The molecule has 2 rings (SSSR count). The normalized spacial score (nSPS) is 13.2. The number of rotatable bonds is 49. The van der Waals surface area contributed by atoms with Crippen LogP contribution in [-0.4, -0.2) is 89.0 Å². The quantitative estimate of drug-likeness (QED) is 0.0371. The smallest absolute Gasteiger partial charge is 0.325 e. The first kappa shape index (κ1) is 69.1. The fourth-order valence-electron chi connectivity index (χ4n) is 11.4. The molecule has 0 heterocycles. The molecule has 8 nitrogen and oxygen atoms in total. The van der Waals surface area contributed by atoms with Crippen LogP contribution in [0, 0.1) is 11.8 Å². The van der Waals surface area contributed by atoms with Crippen molar-refractivity contribution in [1.29, 1.82) is 0 Å². The number of unbranched alkanes of at least 4 members (excludes halogenated alkanes) is 21. The van der Waals surface area contributed by atoms with E-state index in [9.17, 15) is 14.4 Å². The van der Waals surface area contributed by atoms with E-state index in [0.717, 1.165) is 135 Å². The van der Waals surface area contributed by atoms with Gasteiger partial charge in [0, 0.05) is 25.6 Å². The molecule has 0 aliphatic heterocycles. The highest BCUT2D eigenvalue weighted by atomic mass is 28.4. The molecule has 0 fully saturated rings. The molecule has 3 atom stereocenters. The molecule has 3 unspecified atom stereocenters. The minimum Gasteiger partial charge on any atom is -0.465 e. The number of carbonyl (C=O) groups is 3. The van der Waals surface area contributed by atoms with Gasteiger partial charge in [0.25, 0.3) is 8.32 Å². The lowest BCUT2D eigenvalue weighted by Gasteiger charge is -2.43. The van der Waals surface area contributed by atoms with E-state index in [0.29, 0.717) is 19.3 Å². The van der Waals surface area contributed by atoms with Crippen LogP contribution in [0.3, 0.4) is 0 Å². The summed E-state index contributed by atoms with van der Waals surface area (Å²) in [7, 11) is 1.49. The Morgan fingerprint density at radius 2 is 0.842 bits per heavy atom. The van der Waals surface area contributed by atoms with Crippen molar-refractivity contribution in [3.63, 3.8) is 0 Å². The highest BCUT2D eigenvalue weighted by Crippen LogP contribution is 2.37. The van der Waals surface area contributed by atoms with Crippen LogP contribution in [-0.2, 0) is 28.3 Å². The second-order valence-electron chi connectivity index (χ2n) is 23.8. The summed E-state index contributed by atoms with van der Waals surface area (Å²) in [4.78, 5) is 44.2. The van der Waals surface area contributed by atoms with E-state index in [2.05, 4.69) is 121 Å². The summed E-state index contributed by atoms with van der Waals surface area (Å²) in [5.74, 6) is -0.135. The molecular weight excluding hydrogens is 957 g/mol. The third-order valence-electron chi connectivity index (χ3n) is 16.2. The van der Waals surface area contributed by atoms with Crippen LogP contribution in [0.2, 0.25) is 5.04 Å². The number of ether oxygens (including phenoxy) is 2. The Morgan fingerprint density at radius 3 is 1.32 bits per heavy atom. The zero-order valence-electron chi connectivity index (χ0n) is 50.9. The monoisotopic (exact) mass is 1070 g/mol. The van der Waals surface area contributed by atoms with Crippen LogP contribution < -0.4 is 10.4 Å². The molecule has 2 aromatic carbocycles. The van der Waals surface area contributed by atoms with E-state index in [1.807, 2.05) is 0 Å². The van der Waals surface area contributed by atoms with Crippen molar-refractivity contribution in [3.05, 3.63) is 60.7 Å². The molecule has 0 saturated heterocycles. The second-order valence-corrected chi connectivity index (χ2v) is 28.1. The third-order valence-corrected chi connectivity index (χ3v) is 21.2. The van der Waals surface area contributed by atoms with E-state index < -0.39 is 8.32 Å². The molecule has 76 heavy (non-hydrogen) atoms. The van der Waals surface area contributed by atoms with Gasteiger partial charge in [-0.2, -0.15) is 0 Å². The van der Waals surface area contributed by atoms with Gasteiger partial charge in [-0.1, -0.05) is 263 Å². The number of likely N-dealkylation sites (N-methyl/N-ethyl adjacent to an activating group) is 1. The fourth-order valence-corrected chi connectivity index (χ4v) is 16.0. The Bertz CT molecular complexity index is 1660. The highest BCUT2D eigenvalue weighted by molar-refractivity contribution is 6.99. The number of esters is 2. The molecule has 0 bridgehead atoms. The van der Waals surface area contributed by atoms with Gasteiger partial charge in [0.15, 0.2) is 0 Å². The summed E-state index contributed by atoms with van der Waals surface area (Å²) in [6, 6.07) is 22.3. The summed E-state index contributed by atoms with van der Waals surface area (Å²) in [5.41, 5.74) is 0. The number of hydrogen-bond acceptors (Lipinski definition) is 7. The lowest BCUT2D eigenvalue weighted by Crippen LogP contribution is -2.66. The van der Waals surface area contributed by atoms with Gasteiger partial charge >= 0.3 is 11.9 Å². The van der Waals surface area contributed by atoms with E-state index in [4.69, 9.17) is 13.9 Å². The van der Waals surface area contributed by atoms with Gasteiger partial charge in [-0.25, -0.2) is 0 Å². The molecule has 0 aliphatic carbocycles. The Balaban J connectivity index is 1.98. The van der Waals surface area contributed by atoms with Crippen molar-refractivity contribution in [1.82, 2.24) is 9.80 Å². The zero-order valence-corrected chi connectivity index (χ0v) is 51.9. The number of carbonyl (C=O) groups excluding carboxylic acids is 3. The molecule has 2 aromatic rings. The topological polar surface area (TPSA) is 85.4 Å². The molecule has 0 N–H and O–H groups in total. The SMILES string of the molecule is CCCCCCCCC(CCCCCC)C(=O)OCCCCN(C)C(CCCCCOC(=O)CN(C)C(=O)C(CCCCCC)CCCCCCCC)CCCCCO[Si](c1ccccc1)(c1ccccc1)C(C)(C)C. The number of amides is 1. The van der Waals surface area contributed by atoms with Gasteiger partial charge in [-0.05, 0) is 93.2 Å². The van der Waals surface area contributed by atoms with E-state index in [1.54, 1.807) is 11.9 Å². The molecule has 0 radical (unpaired) electrons. The summed E-state index contributed by atoms with van der Waals surface area (Å²) < 4.78 is 19.0. The van der Waals surface area contributed by atoms with Crippen LogP contribution in [0.1, 0.15) is 267 Å². The largest absolute Gasteiger partial charge is 0.465 e. The van der Waals surface area contributed by atoms with Gasteiger partial charge in [-0.3, -0.25) is 14.4 Å². The molecular formula is C67H118N2O6Si. The Morgan fingerprint density at radius 1 is 0.461 bits per heavy atom. The van der Waals surface area contributed by atoms with Crippen LogP contribution in [0.25, 0.3) is 0 Å². The highest BCUT2D eigenvalue weighted by Gasteiger charge is 2.50. The van der Waals surface area contributed by atoms with Crippen molar-refractivity contribution in [2.24, 2.45) is 11.8 Å². The number of benzene rings is 2. The average Bonchev–Trinajstić information content (AvgIpc) is 3.42. The predicted octanol–water partition coefficient (Wildman–Crippen LogP) is 17.0. The average molecular weight is 1080 g/mol. The van der Waals surface area contributed by atoms with Gasteiger partial charge in [-0.15, -0.1) is 0 Å². The van der Waals surface area contributed by atoms with E-state index >= 15 is 0 Å². The lowest BCUT2D eigenvalue weighted by atomic mass is 9.93. The number of hydrogen-bond donors (Lipinski definition) is 0. The minimum atomic E-state index is -2.57. The molecule has 1 amide bonds. The number of nitrogens with zero attached hydrogens (tertiary/aromatic N) is 2. The summed E-state index contributed by atoms with van der Waals surface area (Å²) >= 11 is 0. The van der Waals surface area contributed by atoms with Crippen LogP contribution >= 0.6 is 0 Å². The fraction of sp³-hybridized carbons (Fsp3) is 0.776. The molecule has 0 saturated carbocycles. The van der Waals surface area contributed by atoms with E-state index in [1.165, 1.54) is 107 Å². The van der Waals surface area contributed by atoms with Crippen molar-refractivity contribution in [2.45, 2.75) is 278 Å². The molecule has 436 valence electrons. The molecule has 0 spiro atoms. The summed E-state index contributed by atoms with van der Waals surface area (Å²) in [5, 5.41) is 2.62. The molecule has 0 aliphatic rings. The van der Waals surface area contributed by atoms with Gasteiger partial charge < -0.3 is 23.7 Å². The first-order valence-electron chi connectivity index (χ1n) is 31.9. The third kappa shape index (κ3) is 29.3. The molecule has 0 aromatic heterocycles. The maximum Gasteiger partial charge on any atom is 0.325 e. The van der Waals surface area contributed by atoms with Crippen LogP contribution in [0.15, 0.2) is 60.7 Å². The van der Waals surface area contributed by atoms with Crippen molar-refractivity contribution in [3.8, 4) is 0 Å². The first-order chi connectivity index (χ1) is 36.9. The first-order valence-corrected chi connectivity index (χ1v) is 33.8. The standard InChI is InChI=1S/C67H118N2O6Si/c1-10-14-18-22-24-32-45-59(44-30-20-16-12-3)65(71)69(9)58-64(70)73-55-41-28-34-48-61(68(8)54-40-43-56-74-66(72)60(46-31-21-17-13-4)47-33-25-23-19-15-11-2)49-35-29-42-57-75-76(67(5,6)7,62-50-36-26-37-51-62)63-52-38-27-39-53-63/h26-27,36-39,50-53,59-61H,10-25,28-35,40-49,54-58H2,1-9H3. The minimum absolute atomic E-state index is 0.00569. The van der Waals surface area contributed by atoms with Crippen LogP contribution in [0.5, 0.6) is 0 Å². The van der Waals surface area contributed by atoms with Crippen molar-refractivity contribution in [2.75, 3.05) is 47.0 Å². The Labute approximate surface area is 469 Å². The van der Waals surface area contributed by atoms with Gasteiger partial charge in [0.05, 0.1) is 19.1 Å². The van der Waals surface area contributed by atoms with Crippen molar-refractivity contribution < 1.29 is 28.3 Å². The Kier molecular flexibility index (Phi) is 39.8. The zero-order chi connectivity index (χ0) is 55.5. The molecule has 9 heteroatoms. The summed E-state index contributed by atoms with van der Waals surface area (Å²) in [6.45, 7) is 18.6. The summed E-state index contributed by atoms with van der Waals surface area (Å²) in [6.07, 6.45) is 38.2. The lowest BCUT2D eigenvalue weighted by molar-refractivity contribution is -0.150. The van der Waals surface area contributed by atoms with Gasteiger partial charge in [0.1, 0.15) is 6.54 Å². The maximum absolute atomic E-state index is 13.6. The van der Waals surface area contributed by atoms with Gasteiger partial charge in [0.2, 0.25) is 5.91 Å². The van der Waals surface area contributed by atoms with E-state index in [-0.39, 0.29) is 41.3 Å².